The molecule has 218 valence electrons. The molecule has 2 unspecified atom stereocenters. The van der Waals surface area contributed by atoms with Crippen LogP contribution in [0.5, 0.6) is 0 Å². The highest BCUT2D eigenvalue weighted by atomic mass is 19.4. The largest absolute Gasteiger partial charge is 0.408 e. The highest BCUT2D eigenvalue weighted by Crippen LogP contribution is 2.37. The summed E-state index contributed by atoms with van der Waals surface area (Å²) in [6.07, 6.45) is -0.238. The third kappa shape index (κ3) is 5.70. The van der Waals surface area contributed by atoms with Gasteiger partial charge in [-0.05, 0) is 67.8 Å². The van der Waals surface area contributed by atoms with Crippen molar-refractivity contribution in [2.24, 2.45) is 5.73 Å². The number of hydrogen-bond acceptors (Lipinski definition) is 7. The second-order valence-corrected chi connectivity index (χ2v) is 10.3. The van der Waals surface area contributed by atoms with Gasteiger partial charge in [0.1, 0.15) is 12.4 Å². The fourth-order valence-corrected chi connectivity index (χ4v) is 5.44. The average molecular weight is 581 g/mol. The highest BCUT2D eigenvalue weighted by Gasteiger charge is 2.38. The Morgan fingerprint density at radius 2 is 1.57 bits per heavy atom. The molecule has 6 rings (SSSR count). The van der Waals surface area contributed by atoms with Gasteiger partial charge >= 0.3 is 12.2 Å². The summed E-state index contributed by atoms with van der Waals surface area (Å²) in [6, 6.07) is 12.4. The fourth-order valence-electron chi connectivity index (χ4n) is 5.44. The van der Waals surface area contributed by atoms with Gasteiger partial charge in [0.05, 0.1) is 36.9 Å². The number of hydrogen-bond donors (Lipinski definition) is 3. The first kappa shape index (κ1) is 27.4. The van der Waals surface area contributed by atoms with E-state index in [4.69, 9.17) is 15.5 Å². The van der Waals surface area contributed by atoms with E-state index < -0.39 is 24.7 Å². The van der Waals surface area contributed by atoms with E-state index in [0.717, 1.165) is 23.9 Å². The van der Waals surface area contributed by atoms with Crippen LogP contribution in [0.3, 0.4) is 0 Å². The van der Waals surface area contributed by atoms with E-state index in [1.807, 2.05) is 0 Å². The molecule has 2 fully saturated rings. The smallest absolute Gasteiger partial charge is 0.377 e. The number of anilines is 3. The van der Waals surface area contributed by atoms with Crippen LogP contribution >= 0.6 is 0 Å². The fraction of sp³-hybridized carbons (Fsp3) is 0.321. The number of carbonyl (C=O) groups is 2. The summed E-state index contributed by atoms with van der Waals surface area (Å²) < 4.78 is 46.7. The number of carbonyl (C=O) groups excluding carboxylic acids is 2. The van der Waals surface area contributed by atoms with Crippen molar-refractivity contribution in [2.75, 3.05) is 28.7 Å². The van der Waals surface area contributed by atoms with Gasteiger partial charge in [0.25, 0.3) is 0 Å². The van der Waals surface area contributed by atoms with E-state index in [2.05, 4.69) is 25.6 Å². The van der Waals surface area contributed by atoms with Gasteiger partial charge in [0.15, 0.2) is 11.5 Å². The lowest BCUT2D eigenvalue weighted by Crippen LogP contribution is -2.55. The van der Waals surface area contributed by atoms with E-state index in [1.54, 1.807) is 36.4 Å². The second kappa shape index (κ2) is 10.9. The van der Waals surface area contributed by atoms with Gasteiger partial charge < -0.3 is 26.0 Å². The Kier molecular flexibility index (Phi) is 7.14. The molecule has 42 heavy (non-hydrogen) atoms. The minimum atomic E-state index is -4.47. The molecule has 0 saturated carbocycles. The van der Waals surface area contributed by atoms with Crippen LogP contribution in [0, 0.1) is 0 Å². The Labute approximate surface area is 237 Å². The monoisotopic (exact) mass is 580 g/mol. The van der Waals surface area contributed by atoms with Crippen LogP contribution in [-0.2, 0) is 11.3 Å². The number of halogens is 3. The summed E-state index contributed by atoms with van der Waals surface area (Å²) >= 11 is 0. The third-order valence-corrected chi connectivity index (χ3v) is 7.36. The van der Waals surface area contributed by atoms with Gasteiger partial charge in [-0.15, -0.1) is 0 Å². The van der Waals surface area contributed by atoms with Crippen molar-refractivity contribution in [3.8, 4) is 11.4 Å². The first-order chi connectivity index (χ1) is 20.1. The van der Waals surface area contributed by atoms with Gasteiger partial charge in [0.2, 0.25) is 5.91 Å². The summed E-state index contributed by atoms with van der Waals surface area (Å²) in [5.74, 6) is 0.223. The molecular formula is C28H27F3N8O3. The van der Waals surface area contributed by atoms with Crippen molar-refractivity contribution in [2.45, 2.75) is 44.1 Å². The first-order valence-electron chi connectivity index (χ1n) is 13.4. The minimum absolute atomic E-state index is 0.0616. The number of urea groups is 1. The van der Waals surface area contributed by atoms with Gasteiger partial charge in [-0.1, -0.05) is 0 Å². The van der Waals surface area contributed by atoms with Crippen LogP contribution in [0.15, 0.2) is 54.7 Å². The maximum atomic E-state index is 13.4. The van der Waals surface area contributed by atoms with Crippen LogP contribution in [0.25, 0.3) is 22.4 Å². The summed E-state index contributed by atoms with van der Waals surface area (Å²) in [5.41, 5.74) is 7.15. The van der Waals surface area contributed by atoms with E-state index in [-0.39, 0.29) is 23.6 Å². The van der Waals surface area contributed by atoms with Gasteiger partial charge in [0, 0.05) is 22.5 Å². The Balaban J connectivity index is 1.28. The molecule has 0 spiro atoms. The van der Waals surface area contributed by atoms with Gasteiger partial charge in [-0.2, -0.15) is 18.3 Å². The van der Waals surface area contributed by atoms with Crippen LogP contribution in [0.4, 0.5) is 35.2 Å². The molecule has 0 aliphatic carbocycles. The number of fused-ring (bicyclic) bond motifs is 3. The van der Waals surface area contributed by atoms with E-state index in [9.17, 15) is 22.8 Å². The summed E-state index contributed by atoms with van der Waals surface area (Å²) in [4.78, 5) is 35.2. The van der Waals surface area contributed by atoms with Crippen molar-refractivity contribution in [1.29, 1.82) is 0 Å². The number of nitrogens with one attached hydrogen (secondary N) is 2. The summed E-state index contributed by atoms with van der Waals surface area (Å²) in [7, 11) is 0. The molecule has 2 aromatic carbocycles. The van der Waals surface area contributed by atoms with Crippen LogP contribution in [0.2, 0.25) is 0 Å². The number of piperidine rings is 1. The lowest BCUT2D eigenvalue weighted by molar-refractivity contribution is -0.141. The molecule has 2 aromatic heterocycles. The van der Waals surface area contributed by atoms with E-state index >= 15 is 0 Å². The summed E-state index contributed by atoms with van der Waals surface area (Å²) in [6.45, 7) is -0.233. The standard InChI is InChI=1S/C28H27F3N8O3/c29-28(30,31)15-38-25-22(12-33-38)26(39-20-2-1-3-21(39)14-42-13-20)37-24(36-25)17-6-10-19(11-7-17)35-27(41)34-18-8-4-16(5-9-18)23(32)40/h4-12,20-21H,1-3,13-15H2,(H2,32,40)(H2,34,35,41). The predicted molar refractivity (Wildman–Crippen MR) is 149 cm³/mol. The molecule has 4 aromatic rings. The molecule has 2 saturated heterocycles. The number of rotatable bonds is 6. The Morgan fingerprint density at radius 3 is 2.17 bits per heavy atom. The molecule has 2 aliphatic rings. The Hall–Kier alpha value is -4.72. The predicted octanol–water partition coefficient (Wildman–Crippen LogP) is 4.56. The quantitative estimate of drug-likeness (QED) is 0.304. The van der Waals surface area contributed by atoms with Crippen LogP contribution in [0.1, 0.15) is 29.6 Å². The molecule has 11 nitrogen and oxygen atoms in total. The number of nitrogens with zero attached hydrogens (tertiary/aromatic N) is 5. The Morgan fingerprint density at radius 1 is 0.952 bits per heavy atom. The molecule has 4 heterocycles. The van der Waals surface area contributed by atoms with Crippen molar-refractivity contribution in [3.63, 3.8) is 0 Å². The molecule has 3 amide bonds. The van der Waals surface area contributed by atoms with Gasteiger partial charge in [-0.25, -0.2) is 19.4 Å². The van der Waals surface area contributed by atoms with Crippen LogP contribution in [-0.4, -0.2) is 63.2 Å². The maximum absolute atomic E-state index is 13.4. The zero-order valence-corrected chi connectivity index (χ0v) is 22.3. The Bertz CT molecular complexity index is 1600. The number of primary amides is 1. The van der Waals surface area contributed by atoms with Crippen LogP contribution < -0.4 is 21.3 Å². The zero-order valence-electron chi connectivity index (χ0n) is 22.3. The number of nitrogens with two attached hydrogens (primary N) is 1. The first-order valence-corrected chi connectivity index (χ1v) is 13.4. The zero-order chi connectivity index (χ0) is 29.4. The normalized spacial score (nSPS) is 18.6. The number of amides is 3. The lowest BCUT2D eigenvalue weighted by atomic mass is 9.94. The SMILES string of the molecule is NC(=O)c1ccc(NC(=O)Nc2ccc(-c3nc(N4C5CCCC4COC5)c4cnn(CC(F)(F)F)c4n3)cc2)cc1. The number of alkyl halides is 3. The molecule has 2 aliphatic heterocycles. The molecule has 2 atom stereocenters. The van der Waals surface area contributed by atoms with Gasteiger partial charge in [-0.3, -0.25) is 4.79 Å². The molecule has 2 bridgehead atoms. The second-order valence-electron chi connectivity index (χ2n) is 10.3. The molecular weight excluding hydrogens is 553 g/mol. The molecule has 4 N–H and O–H groups in total. The maximum Gasteiger partial charge on any atom is 0.408 e. The van der Waals surface area contributed by atoms with Crippen molar-refractivity contribution >= 4 is 40.2 Å². The van der Waals surface area contributed by atoms with Crippen molar-refractivity contribution < 1.29 is 27.5 Å². The number of benzene rings is 2. The third-order valence-electron chi connectivity index (χ3n) is 7.36. The minimum Gasteiger partial charge on any atom is -0.377 e. The number of ether oxygens (including phenoxy) is 1. The summed E-state index contributed by atoms with van der Waals surface area (Å²) in [5, 5.41) is 9.85. The number of aromatic nitrogens is 4. The molecule has 14 heteroatoms. The van der Waals surface area contributed by atoms with E-state index in [0.29, 0.717) is 46.9 Å². The van der Waals surface area contributed by atoms with Crippen molar-refractivity contribution in [1.82, 2.24) is 19.7 Å². The topological polar surface area (TPSA) is 140 Å². The molecule has 0 radical (unpaired) electrons. The average Bonchev–Trinajstić information content (AvgIpc) is 3.34. The lowest BCUT2D eigenvalue weighted by Gasteiger charge is -2.46. The van der Waals surface area contributed by atoms with Crippen molar-refractivity contribution in [3.05, 3.63) is 60.3 Å². The number of morpholine rings is 1. The van der Waals surface area contributed by atoms with E-state index in [1.165, 1.54) is 18.3 Å². The highest BCUT2D eigenvalue weighted by molar-refractivity contribution is 6.00.